The van der Waals surface area contributed by atoms with Gasteiger partial charge < -0.3 is 10.7 Å². The van der Waals surface area contributed by atoms with Crippen LogP contribution < -0.4 is 5.73 Å². The van der Waals surface area contributed by atoms with Gasteiger partial charge in [0.15, 0.2) is 0 Å². The van der Waals surface area contributed by atoms with Crippen LogP contribution in [0, 0.1) is 0 Å². The Kier molecular flexibility index (Phi) is 3.42. The maximum atomic E-state index is 5.85. The molecule has 6 nitrogen and oxygen atoms in total. The molecule has 0 radical (unpaired) electrons. The molecule has 0 unspecified atom stereocenters. The molecular formula is C18H16N6. The summed E-state index contributed by atoms with van der Waals surface area (Å²) in [6, 6.07) is 7.99. The van der Waals surface area contributed by atoms with Gasteiger partial charge in [0.25, 0.3) is 0 Å². The molecule has 0 amide bonds. The second-order valence-electron chi connectivity index (χ2n) is 5.52. The van der Waals surface area contributed by atoms with Crippen LogP contribution in [0.3, 0.4) is 0 Å². The van der Waals surface area contributed by atoms with Crippen LogP contribution in [0.15, 0.2) is 49.1 Å². The van der Waals surface area contributed by atoms with Crippen molar-refractivity contribution in [3.63, 3.8) is 0 Å². The number of aromatic amines is 1. The van der Waals surface area contributed by atoms with Gasteiger partial charge in [0.05, 0.1) is 5.69 Å². The molecule has 4 rings (SSSR count). The molecule has 0 saturated heterocycles. The zero-order chi connectivity index (χ0) is 16.5. The third-order valence-electron chi connectivity index (χ3n) is 3.96. The molecule has 0 aromatic carbocycles. The van der Waals surface area contributed by atoms with E-state index in [1.807, 2.05) is 43.7 Å². The molecule has 3 N–H and O–H groups in total. The molecule has 0 atom stereocenters. The highest BCUT2D eigenvalue weighted by molar-refractivity contribution is 5.95. The standard InChI is InChI=1S/C18H16N6/c1-2-13-7-16(24-18(19)23-13)15-10-22-17-14(15)6-12(9-21-17)11-4-3-5-20-8-11/h3-10H,2H2,1H3,(H,21,22)(H2,19,23,24). The number of H-pyrrole nitrogens is 1. The van der Waals surface area contributed by atoms with Crippen LogP contribution in [0.4, 0.5) is 5.95 Å². The number of nitrogen functional groups attached to an aromatic ring is 1. The Morgan fingerprint density at radius 2 is 2.04 bits per heavy atom. The summed E-state index contributed by atoms with van der Waals surface area (Å²) in [6.45, 7) is 2.04. The first-order valence-electron chi connectivity index (χ1n) is 7.76. The first kappa shape index (κ1) is 14.3. The molecule has 118 valence electrons. The second kappa shape index (κ2) is 5.73. The lowest BCUT2D eigenvalue weighted by Crippen LogP contribution is -2.00. The van der Waals surface area contributed by atoms with E-state index in [1.54, 1.807) is 6.20 Å². The van der Waals surface area contributed by atoms with E-state index in [4.69, 9.17) is 5.73 Å². The van der Waals surface area contributed by atoms with Gasteiger partial charge in [0.2, 0.25) is 5.95 Å². The molecule has 0 aliphatic heterocycles. The molecule has 4 aromatic heterocycles. The van der Waals surface area contributed by atoms with Gasteiger partial charge in [-0.05, 0) is 24.6 Å². The molecule has 0 fully saturated rings. The second-order valence-corrected chi connectivity index (χ2v) is 5.52. The highest BCUT2D eigenvalue weighted by Crippen LogP contribution is 2.30. The molecule has 0 aliphatic rings. The van der Waals surface area contributed by atoms with Crippen LogP contribution in [-0.2, 0) is 6.42 Å². The zero-order valence-electron chi connectivity index (χ0n) is 13.2. The van der Waals surface area contributed by atoms with Gasteiger partial charge in [-0.25, -0.2) is 15.0 Å². The molecular weight excluding hydrogens is 300 g/mol. The number of hydrogen-bond acceptors (Lipinski definition) is 5. The summed E-state index contributed by atoms with van der Waals surface area (Å²) < 4.78 is 0. The number of nitrogens with two attached hydrogens (primary N) is 1. The molecule has 24 heavy (non-hydrogen) atoms. The van der Waals surface area contributed by atoms with Gasteiger partial charge in [0.1, 0.15) is 5.65 Å². The Bertz CT molecular complexity index is 1010. The molecule has 6 heteroatoms. The summed E-state index contributed by atoms with van der Waals surface area (Å²) >= 11 is 0. The van der Waals surface area contributed by atoms with Gasteiger partial charge in [-0.15, -0.1) is 0 Å². The lowest BCUT2D eigenvalue weighted by molar-refractivity contribution is 1.01. The van der Waals surface area contributed by atoms with E-state index in [0.717, 1.165) is 45.5 Å². The predicted molar refractivity (Wildman–Crippen MR) is 94.1 cm³/mol. The lowest BCUT2D eigenvalue weighted by Gasteiger charge is -2.05. The monoisotopic (exact) mass is 316 g/mol. The van der Waals surface area contributed by atoms with Gasteiger partial charge in [-0.1, -0.05) is 13.0 Å². The number of aryl methyl sites for hydroxylation is 1. The van der Waals surface area contributed by atoms with Crippen LogP contribution in [0.1, 0.15) is 12.6 Å². The fraction of sp³-hybridized carbons (Fsp3) is 0.111. The van der Waals surface area contributed by atoms with Crippen LogP contribution in [0.25, 0.3) is 33.4 Å². The van der Waals surface area contributed by atoms with E-state index in [0.29, 0.717) is 0 Å². The molecule has 0 saturated carbocycles. The van der Waals surface area contributed by atoms with E-state index >= 15 is 0 Å². The Morgan fingerprint density at radius 3 is 2.83 bits per heavy atom. The highest BCUT2D eigenvalue weighted by Gasteiger charge is 2.12. The Labute approximate surface area is 138 Å². The van der Waals surface area contributed by atoms with Gasteiger partial charge >= 0.3 is 0 Å². The number of pyridine rings is 2. The van der Waals surface area contributed by atoms with Crippen molar-refractivity contribution in [2.24, 2.45) is 0 Å². The average molecular weight is 316 g/mol. The van der Waals surface area contributed by atoms with Crippen molar-refractivity contribution < 1.29 is 0 Å². The minimum Gasteiger partial charge on any atom is -0.368 e. The van der Waals surface area contributed by atoms with E-state index in [9.17, 15) is 0 Å². The van der Waals surface area contributed by atoms with Gasteiger partial charge in [0, 0.05) is 52.6 Å². The molecule has 4 heterocycles. The number of fused-ring (bicyclic) bond motifs is 1. The SMILES string of the molecule is CCc1cc(-c2c[nH]c3ncc(-c4cccnc4)cc23)nc(N)n1. The van der Waals surface area contributed by atoms with E-state index in [-0.39, 0.29) is 5.95 Å². The number of aromatic nitrogens is 5. The third-order valence-corrected chi connectivity index (χ3v) is 3.96. The summed E-state index contributed by atoms with van der Waals surface area (Å²) in [6.07, 6.45) is 8.14. The first-order valence-corrected chi connectivity index (χ1v) is 7.76. The Balaban J connectivity index is 1.89. The molecule has 0 aliphatic carbocycles. The summed E-state index contributed by atoms with van der Waals surface area (Å²) in [4.78, 5) is 20.5. The largest absolute Gasteiger partial charge is 0.368 e. The number of nitrogens with one attached hydrogen (secondary N) is 1. The van der Waals surface area contributed by atoms with Crippen molar-refractivity contribution in [1.29, 1.82) is 0 Å². The topological polar surface area (TPSA) is 93.4 Å². The molecule has 4 aromatic rings. The summed E-state index contributed by atoms with van der Waals surface area (Å²) in [7, 11) is 0. The third kappa shape index (κ3) is 2.48. The maximum Gasteiger partial charge on any atom is 0.220 e. The number of nitrogens with zero attached hydrogens (tertiary/aromatic N) is 4. The van der Waals surface area contributed by atoms with E-state index < -0.39 is 0 Å². The van der Waals surface area contributed by atoms with Crippen LogP contribution >= 0.6 is 0 Å². The van der Waals surface area contributed by atoms with E-state index in [1.165, 1.54) is 0 Å². The Morgan fingerprint density at radius 1 is 1.12 bits per heavy atom. The minimum absolute atomic E-state index is 0.287. The van der Waals surface area contributed by atoms with Gasteiger partial charge in [-0.3, -0.25) is 4.98 Å². The average Bonchev–Trinajstić information content (AvgIpc) is 3.05. The van der Waals surface area contributed by atoms with Crippen molar-refractivity contribution in [1.82, 2.24) is 24.9 Å². The normalized spacial score (nSPS) is 11.0. The van der Waals surface area contributed by atoms with Gasteiger partial charge in [-0.2, -0.15) is 0 Å². The van der Waals surface area contributed by atoms with Crippen molar-refractivity contribution >= 4 is 17.0 Å². The Hall–Kier alpha value is -3.28. The van der Waals surface area contributed by atoms with Crippen LogP contribution in [-0.4, -0.2) is 24.9 Å². The van der Waals surface area contributed by atoms with Crippen molar-refractivity contribution in [3.05, 3.63) is 54.7 Å². The predicted octanol–water partition coefficient (Wildman–Crippen LogP) is 3.23. The van der Waals surface area contributed by atoms with Crippen molar-refractivity contribution in [2.75, 3.05) is 5.73 Å². The fourth-order valence-electron chi connectivity index (χ4n) is 2.74. The number of anilines is 1. The number of hydrogen-bond donors (Lipinski definition) is 2. The summed E-state index contributed by atoms with van der Waals surface area (Å²) in [5, 5.41) is 0.997. The minimum atomic E-state index is 0.287. The lowest BCUT2D eigenvalue weighted by atomic mass is 10.1. The fourth-order valence-corrected chi connectivity index (χ4v) is 2.74. The summed E-state index contributed by atoms with van der Waals surface area (Å²) in [5.41, 5.74) is 11.4. The molecule has 0 spiro atoms. The quantitative estimate of drug-likeness (QED) is 0.605. The smallest absolute Gasteiger partial charge is 0.220 e. The number of rotatable bonds is 3. The van der Waals surface area contributed by atoms with E-state index in [2.05, 4.69) is 31.0 Å². The maximum absolute atomic E-state index is 5.85. The zero-order valence-corrected chi connectivity index (χ0v) is 13.2. The van der Waals surface area contributed by atoms with Crippen molar-refractivity contribution in [3.8, 4) is 22.4 Å². The first-order chi connectivity index (χ1) is 11.7. The highest BCUT2D eigenvalue weighted by atomic mass is 15.0. The molecule has 0 bridgehead atoms. The van der Waals surface area contributed by atoms with Crippen molar-refractivity contribution in [2.45, 2.75) is 13.3 Å². The van der Waals surface area contributed by atoms with Crippen LogP contribution in [0.5, 0.6) is 0 Å². The van der Waals surface area contributed by atoms with Crippen LogP contribution in [0.2, 0.25) is 0 Å². The summed E-state index contributed by atoms with van der Waals surface area (Å²) in [5.74, 6) is 0.287.